The van der Waals surface area contributed by atoms with Gasteiger partial charge in [-0.05, 0) is 55.0 Å². The minimum atomic E-state index is 0.366. The van der Waals surface area contributed by atoms with E-state index in [1.165, 1.54) is 0 Å². The van der Waals surface area contributed by atoms with Crippen LogP contribution in [0.15, 0.2) is 59.6 Å². The van der Waals surface area contributed by atoms with E-state index in [0.29, 0.717) is 63.2 Å². The van der Waals surface area contributed by atoms with Crippen molar-refractivity contribution in [1.29, 1.82) is 0 Å². The van der Waals surface area contributed by atoms with Gasteiger partial charge >= 0.3 is 0 Å². The van der Waals surface area contributed by atoms with Crippen LogP contribution in [-0.4, -0.2) is 68.5 Å². The van der Waals surface area contributed by atoms with Gasteiger partial charge in [0.15, 0.2) is 5.82 Å². The number of aryl methyl sites for hydroxylation is 1. The molecule has 0 N–H and O–H groups in total. The van der Waals surface area contributed by atoms with Crippen LogP contribution in [0.5, 0.6) is 34.5 Å². The van der Waals surface area contributed by atoms with Gasteiger partial charge in [0.05, 0.1) is 54.0 Å². The minimum absolute atomic E-state index is 0.366. The first-order valence-electron chi connectivity index (χ1n) is 13.6. The maximum absolute atomic E-state index is 5.52. The number of nitrogens with zero attached hydrogens (tertiary/aromatic N) is 5. The Bertz CT molecular complexity index is 1800. The predicted octanol–water partition coefficient (Wildman–Crippen LogP) is 6.07. The van der Waals surface area contributed by atoms with Gasteiger partial charge in [0.1, 0.15) is 40.2 Å². The highest BCUT2D eigenvalue weighted by atomic mass is 16.5. The molecule has 2 heterocycles. The molecule has 5 rings (SSSR count). The number of hydrogen-bond donors (Lipinski definition) is 0. The van der Waals surface area contributed by atoms with Crippen molar-refractivity contribution in [2.24, 2.45) is 4.99 Å². The van der Waals surface area contributed by atoms with Gasteiger partial charge in [0.2, 0.25) is 0 Å². The van der Waals surface area contributed by atoms with E-state index >= 15 is 0 Å². The van der Waals surface area contributed by atoms with Crippen molar-refractivity contribution in [3.63, 3.8) is 0 Å². The Kier molecular flexibility index (Phi) is 8.94. The molecule has 0 atom stereocenters. The Morgan fingerprint density at radius 1 is 0.591 bits per heavy atom. The summed E-state index contributed by atoms with van der Waals surface area (Å²) in [5.41, 5.74) is 4.24. The van der Waals surface area contributed by atoms with Crippen molar-refractivity contribution >= 4 is 30.0 Å². The normalized spacial score (nSPS) is 11.3. The Labute approximate surface area is 255 Å². The molecule has 0 unspecified atom stereocenters. The Morgan fingerprint density at radius 3 is 1.57 bits per heavy atom. The van der Waals surface area contributed by atoms with Gasteiger partial charge in [-0.2, -0.15) is 9.61 Å². The van der Waals surface area contributed by atoms with Crippen LogP contribution >= 0.6 is 0 Å². The number of aliphatic imine (C=N–C) groups is 1. The fraction of sp³-hybridized carbons (Fsp3) is 0.212. The van der Waals surface area contributed by atoms with E-state index in [0.717, 1.165) is 16.7 Å². The summed E-state index contributed by atoms with van der Waals surface area (Å²) in [6.45, 7) is 1.88. The van der Waals surface area contributed by atoms with Gasteiger partial charge in [-0.15, -0.1) is 0 Å². The van der Waals surface area contributed by atoms with E-state index in [1.54, 1.807) is 65.5 Å². The van der Waals surface area contributed by atoms with Crippen LogP contribution in [0.3, 0.4) is 0 Å². The first-order chi connectivity index (χ1) is 21.4. The van der Waals surface area contributed by atoms with Crippen molar-refractivity contribution in [3.8, 4) is 45.8 Å². The number of imidazole rings is 1. The number of methoxy groups -OCH3 is 6. The fourth-order valence-corrected chi connectivity index (χ4v) is 4.50. The van der Waals surface area contributed by atoms with Gasteiger partial charge in [-0.25, -0.2) is 15.0 Å². The standard InChI is InChI=1S/C33H33N5O6/c1-20-30(9-8-21-10-24(39-2)16-25(11-21)40-3)35-33-36-31(23-14-28(43-6)18-29(15-23)44-7)32(38(33)37-20)34-19-22-12-26(41-4)17-27(13-22)42-5/h8-19H,1-7H3/b9-8+,34-19+. The second-order valence-corrected chi connectivity index (χ2v) is 9.56. The van der Waals surface area contributed by atoms with Crippen LogP contribution < -0.4 is 28.4 Å². The number of hydrogen-bond acceptors (Lipinski definition) is 10. The Morgan fingerprint density at radius 2 is 1.07 bits per heavy atom. The van der Waals surface area contributed by atoms with Crippen LogP contribution in [0.4, 0.5) is 5.82 Å². The van der Waals surface area contributed by atoms with Crippen molar-refractivity contribution in [2.75, 3.05) is 42.7 Å². The van der Waals surface area contributed by atoms with Crippen molar-refractivity contribution in [3.05, 3.63) is 77.1 Å². The zero-order valence-electron chi connectivity index (χ0n) is 25.6. The molecule has 5 aromatic rings. The van der Waals surface area contributed by atoms with Crippen LogP contribution in [0.2, 0.25) is 0 Å². The molecule has 3 aromatic carbocycles. The third kappa shape index (κ3) is 6.41. The summed E-state index contributed by atoms with van der Waals surface area (Å²) in [6, 6.07) is 16.7. The molecule has 2 aromatic heterocycles. The van der Waals surface area contributed by atoms with Crippen molar-refractivity contribution in [2.45, 2.75) is 6.92 Å². The van der Waals surface area contributed by atoms with E-state index in [4.69, 9.17) is 48.5 Å². The lowest BCUT2D eigenvalue weighted by atomic mass is 10.1. The zero-order chi connectivity index (χ0) is 31.2. The zero-order valence-corrected chi connectivity index (χ0v) is 25.6. The smallest absolute Gasteiger partial charge is 0.253 e. The van der Waals surface area contributed by atoms with E-state index in [-0.39, 0.29) is 0 Å². The van der Waals surface area contributed by atoms with Gasteiger partial charge in [-0.3, -0.25) is 0 Å². The van der Waals surface area contributed by atoms with E-state index in [1.807, 2.05) is 61.5 Å². The SMILES string of the molecule is COc1cc(/C=C/c2nc3nc(-c4cc(OC)cc(OC)c4)c(/N=C/c4cc(OC)cc(OC)c4)n3nc2C)cc(OC)c1. The lowest BCUT2D eigenvalue weighted by Crippen LogP contribution is -2.01. The second kappa shape index (κ2) is 13.2. The monoisotopic (exact) mass is 595 g/mol. The average Bonchev–Trinajstić information content (AvgIpc) is 3.42. The highest BCUT2D eigenvalue weighted by molar-refractivity contribution is 5.86. The third-order valence-corrected chi connectivity index (χ3v) is 6.80. The molecule has 0 radical (unpaired) electrons. The highest BCUT2D eigenvalue weighted by Crippen LogP contribution is 2.35. The quantitative estimate of drug-likeness (QED) is 0.168. The molecule has 0 aliphatic rings. The molecule has 44 heavy (non-hydrogen) atoms. The Hall–Kier alpha value is -5.58. The van der Waals surface area contributed by atoms with Crippen LogP contribution in [0.1, 0.15) is 22.5 Å². The predicted molar refractivity (Wildman–Crippen MR) is 169 cm³/mol. The highest BCUT2D eigenvalue weighted by Gasteiger charge is 2.19. The van der Waals surface area contributed by atoms with Crippen LogP contribution in [0, 0.1) is 6.92 Å². The van der Waals surface area contributed by atoms with Gasteiger partial charge in [-0.1, -0.05) is 6.08 Å². The van der Waals surface area contributed by atoms with Gasteiger partial charge in [0, 0.05) is 35.5 Å². The van der Waals surface area contributed by atoms with E-state index < -0.39 is 0 Å². The number of ether oxygens (including phenoxy) is 6. The maximum atomic E-state index is 5.52. The van der Waals surface area contributed by atoms with E-state index in [2.05, 4.69) is 0 Å². The third-order valence-electron chi connectivity index (χ3n) is 6.80. The average molecular weight is 596 g/mol. The molecular weight excluding hydrogens is 562 g/mol. The molecule has 11 heteroatoms. The lowest BCUT2D eigenvalue weighted by molar-refractivity contribution is 0.394. The molecule has 226 valence electrons. The fourth-order valence-electron chi connectivity index (χ4n) is 4.50. The number of benzene rings is 3. The molecule has 0 fully saturated rings. The maximum Gasteiger partial charge on any atom is 0.253 e. The molecule has 0 aliphatic heterocycles. The molecule has 11 nitrogen and oxygen atoms in total. The summed E-state index contributed by atoms with van der Waals surface area (Å²) in [6.07, 6.45) is 5.51. The van der Waals surface area contributed by atoms with Crippen molar-refractivity contribution < 1.29 is 28.4 Å². The van der Waals surface area contributed by atoms with Gasteiger partial charge in [0.25, 0.3) is 5.78 Å². The largest absolute Gasteiger partial charge is 0.497 e. The molecule has 0 saturated carbocycles. The van der Waals surface area contributed by atoms with E-state index in [9.17, 15) is 0 Å². The number of aromatic nitrogens is 4. The first-order valence-corrected chi connectivity index (χ1v) is 13.6. The van der Waals surface area contributed by atoms with Crippen molar-refractivity contribution in [1.82, 2.24) is 19.6 Å². The number of rotatable bonds is 11. The Balaban J connectivity index is 1.65. The minimum Gasteiger partial charge on any atom is -0.497 e. The topological polar surface area (TPSA) is 111 Å². The molecule has 0 aliphatic carbocycles. The molecule has 0 bridgehead atoms. The summed E-state index contributed by atoms with van der Waals surface area (Å²) in [4.78, 5) is 14.5. The summed E-state index contributed by atoms with van der Waals surface area (Å²) in [7, 11) is 9.63. The molecule has 0 spiro atoms. The first kappa shape index (κ1) is 29.9. The van der Waals surface area contributed by atoms with Crippen LogP contribution in [0.25, 0.3) is 29.2 Å². The summed E-state index contributed by atoms with van der Waals surface area (Å²) in [5.74, 6) is 4.71. The summed E-state index contributed by atoms with van der Waals surface area (Å²) in [5, 5.41) is 4.83. The number of fused-ring (bicyclic) bond motifs is 1. The molecular formula is C33H33N5O6. The molecule has 0 amide bonds. The summed E-state index contributed by atoms with van der Waals surface area (Å²) >= 11 is 0. The van der Waals surface area contributed by atoms with Gasteiger partial charge < -0.3 is 28.4 Å². The molecule has 0 saturated heterocycles. The lowest BCUT2D eigenvalue weighted by Gasteiger charge is -2.08. The summed E-state index contributed by atoms with van der Waals surface area (Å²) < 4.78 is 34.3. The second-order valence-electron chi connectivity index (χ2n) is 9.56. The van der Waals surface area contributed by atoms with Crippen LogP contribution in [-0.2, 0) is 0 Å².